The number of aryl methyl sites for hydroxylation is 1. The summed E-state index contributed by atoms with van der Waals surface area (Å²) in [5.41, 5.74) is -0.0124. The molecule has 0 heterocycles. The average molecular weight is 460 g/mol. The fraction of sp³-hybridized carbons (Fsp3) is 0.375. The second kappa shape index (κ2) is 8.50. The lowest BCUT2D eigenvalue weighted by molar-refractivity contribution is -0.144. The zero-order valence-electron chi connectivity index (χ0n) is 19.0. The molecule has 1 N–H and O–H groups in total. The fourth-order valence-electron chi connectivity index (χ4n) is 3.45. The highest BCUT2D eigenvalue weighted by Gasteiger charge is 2.63. The van der Waals surface area contributed by atoms with E-state index in [2.05, 4.69) is 11.2 Å². The third-order valence-electron chi connectivity index (χ3n) is 5.13. The number of carbonyl (C=O) groups excluding carboxylic acids is 2. The van der Waals surface area contributed by atoms with Gasteiger partial charge in [-0.05, 0) is 69.8 Å². The quantitative estimate of drug-likeness (QED) is 0.519. The molecular formula is C24H29NO6S. The van der Waals surface area contributed by atoms with E-state index in [1.54, 1.807) is 57.2 Å². The molecule has 1 saturated carbocycles. The van der Waals surface area contributed by atoms with E-state index in [9.17, 15) is 13.8 Å². The topological polar surface area (TPSA) is 90.9 Å². The third kappa shape index (κ3) is 5.24. The third-order valence-corrected chi connectivity index (χ3v) is 6.58. The molecule has 0 aromatic heterocycles. The first-order chi connectivity index (χ1) is 14.9. The van der Waals surface area contributed by atoms with E-state index in [0.717, 1.165) is 11.1 Å². The number of carbonyl (C=O) groups is 2. The maximum Gasteiger partial charge on any atom is 0.408 e. The Kier molecular flexibility index (Phi) is 6.29. The van der Waals surface area contributed by atoms with Crippen LogP contribution in [0.2, 0.25) is 0 Å². The smallest absolute Gasteiger partial charge is 0.408 e. The monoisotopic (exact) mass is 459 g/mol. The molecule has 32 heavy (non-hydrogen) atoms. The van der Waals surface area contributed by atoms with Crippen molar-refractivity contribution in [3.63, 3.8) is 0 Å². The second-order valence-corrected chi connectivity index (χ2v) is 10.8. The molecule has 1 aliphatic rings. The van der Waals surface area contributed by atoms with Gasteiger partial charge in [-0.3, -0.25) is 0 Å². The summed E-state index contributed by atoms with van der Waals surface area (Å²) in [7, 11) is -1.69. The molecular weight excluding hydrogens is 430 g/mol. The van der Waals surface area contributed by atoms with Crippen molar-refractivity contribution in [2.45, 2.75) is 56.1 Å². The maximum absolute atomic E-state index is 12.9. The van der Waals surface area contributed by atoms with Gasteiger partial charge in [0.05, 0.1) is 12.0 Å². The largest absolute Gasteiger partial charge is 0.467 e. The summed E-state index contributed by atoms with van der Waals surface area (Å²) in [5.74, 6) is 3.31. The van der Waals surface area contributed by atoms with Crippen LogP contribution in [0.5, 0.6) is 5.75 Å². The zero-order valence-corrected chi connectivity index (χ0v) is 19.8. The lowest BCUT2D eigenvalue weighted by Crippen LogP contribution is -2.47. The van der Waals surface area contributed by atoms with Gasteiger partial charge in [-0.25, -0.2) is 13.8 Å². The van der Waals surface area contributed by atoms with Crippen molar-refractivity contribution in [2.24, 2.45) is 0 Å². The van der Waals surface area contributed by atoms with Gasteiger partial charge in [-0.15, -0.1) is 0 Å². The van der Waals surface area contributed by atoms with E-state index in [1.807, 2.05) is 19.1 Å². The number of amides is 1. The van der Waals surface area contributed by atoms with E-state index < -0.39 is 33.0 Å². The van der Waals surface area contributed by atoms with Crippen LogP contribution >= 0.6 is 0 Å². The lowest BCUT2D eigenvalue weighted by atomic mass is 10.1. The van der Waals surface area contributed by atoms with Gasteiger partial charge >= 0.3 is 12.1 Å². The molecule has 3 atom stereocenters. The van der Waals surface area contributed by atoms with Crippen LogP contribution in [0.4, 0.5) is 4.79 Å². The van der Waals surface area contributed by atoms with Gasteiger partial charge in [-0.1, -0.05) is 29.8 Å². The van der Waals surface area contributed by atoms with Gasteiger partial charge < -0.3 is 19.0 Å². The number of ether oxygens (including phenoxy) is 2. The Morgan fingerprint density at radius 3 is 2.22 bits per heavy atom. The van der Waals surface area contributed by atoms with Crippen molar-refractivity contribution in [1.82, 2.24) is 5.32 Å². The Bertz CT molecular complexity index is 1100. The van der Waals surface area contributed by atoms with Gasteiger partial charge in [0.2, 0.25) is 0 Å². The van der Waals surface area contributed by atoms with E-state index in [1.165, 1.54) is 7.11 Å². The van der Waals surface area contributed by atoms with Crippen molar-refractivity contribution in [1.29, 1.82) is 0 Å². The number of benzene rings is 2. The van der Waals surface area contributed by atoms with E-state index >= 15 is 0 Å². The Morgan fingerprint density at radius 2 is 1.69 bits per heavy atom. The first-order valence-electron chi connectivity index (χ1n) is 10.2. The number of methoxy groups -OCH3 is 1. The number of esters is 1. The number of hydrogen-bond acceptors (Lipinski definition) is 6. The standard InChI is InChI=1S/C24H29NO6S/c1-16-7-13-19(14-8-16)32(6,28)31-18-11-9-17(10-12-18)20-15-24(20,21(26)29-5)25-22(27)30-23(2,3)4/h7-14,20H,6,15H2,1-5H3,(H,25,27). The van der Waals surface area contributed by atoms with Gasteiger partial charge in [0.15, 0.2) is 0 Å². The van der Waals surface area contributed by atoms with Crippen LogP contribution in [0, 0.1) is 6.92 Å². The predicted octanol–water partition coefficient (Wildman–Crippen LogP) is 3.99. The SMILES string of the molecule is C=S(=O)(Oc1ccc(C2CC2(NC(=O)OC(C)(C)C)C(=O)OC)cc1)c1ccc(C)cc1. The second-order valence-electron chi connectivity index (χ2n) is 8.93. The normalized spacial score (nSPS) is 21.7. The molecule has 3 rings (SSSR count). The summed E-state index contributed by atoms with van der Waals surface area (Å²) < 4.78 is 28.8. The fourth-order valence-corrected chi connectivity index (χ4v) is 4.52. The molecule has 2 aromatic carbocycles. The van der Waals surface area contributed by atoms with Crippen molar-refractivity contribution in [3.05, 3.63) is 59.7 Å². The Hall–Kier alpha value is -3.00. The zero-order chi connectivity index (χ0) is 23.7. The van der Waals surface area contributed by atoms with Crippen LogP contribution in [-0.2, 0) is 24.1 Å². The molecule has 7 nitrogen and oxygen atoms in total. The van der Waals surface area contributed by atoms with Gasteiger partial charge in [-0.2, -0.15) is 0 Å². The molecule has 1 fully saturated rings. The number of nitrogens with one attached hydrogen (secondary N) is 1. The molecule has 0 radical (unpaired) electrons. The van der Waals surface area contributed by atoms with Crippen LogP contribution in [0.15, 0.2) is 53.4 Å². The number of alkyl carbamates (subject to hydrolysis) is 1. The van der Waals surface area contributed by atoms with Crippen molar-refractivity contribution in [3.8, 4) is 5.75 Å². The van der Waals surface area contributed by atoms with E-state index in [0.29, 0.717) is 17.1 Å². The van der Waals surface area contributed by atoms with Crippen LogP contribution in [0.25, 0.3) is 0 Å². The maximum atomic E-state index is 12.9. The molecule has 1 amide bonds. The van der Waals surface area contributed by atoms with Crippen LogP contribution in [-0.4, -0.2) is 40.4 Å². The molecule has 3 unspecified atom stereocenters. The lowest BCUT2D eigenvalue weighted by Gasteiger charge is -2.23. The summed E-state index contributed by atoms with van der Waals surface area (Å²) in [6.45, 7) is 7.19. The summed E-state index contributed by atoms with van der Waals surface area (Å²) in [6, 6.07) is 14.0. The van der Waals surface area contributed by atoms with Crippen molar-refractivity contribution in [2.75, 3.05) is 7.11 Å². The first kappa shape index (κ1) is 23.7. The molecule has 0 bridgehead atoms. The van der Waals surface area contributed by atoms with Crippen LogP contribution < -0.4 is 9.50 Å². The van der Waals surface area contributed by atoms with Gasteiger partial charge in [0.25, 0.3) is 0 Å². The highest BCUT2D eigenvalue weighted by Crippen LogP contribution is 2.52. The average Bonchev–Trinajstić information content (AvgIpc) is 3.41. The predicted molar refractivity (Wildman–Crippen MR) is 123 cm³/mol. The molecule has 8 heteroatoms. The highest BCUT2D eigenvalue weighted by molar-refractivity contribution is 7.96. The minimum Gasteiger partial charge on any atom is -0.467 e. The minimum absolute atomic E-state index is 0.280. The van der Waals surface area contributed by atoms with Crippen LogP contribution in [0.1, 0.15) is 44.2 Å². The number of hydrogen-bond donors (Lipinski definition) is 1. The highest BCUT2D eigenvalue weighted by atomic mass is 32.2. The Morgan fingerprint density at radius 1 is 1.09 bits per heavy atom. The first-order valence-corrected chi connectivity index (χ1v) is 11.8. The molecule has 2 aromatic rings. The van der Waals surface area contributed by atoms with Crippen LogP contribution in [0.3, 0.4) is 0 Å². The van der Waals surface area contributed by atoms with Gasteiger partial charge in [0, 0.05) is 5.92 Å². The summed E-state index contributed by atoms with van der Waals surface area (Å²) >= 11 is 0. The number of rotatable bonds is 6. The molecule has 0 saturated heterocycles. The molecule has 0 aliphatic heterocycles. The molecule has 172 valence electrons. The Labute approximate surface area is 189 Å². The summed E-state index contributed by atoms with van der Waals surface area (Å²) in [5, 5.41) is 2.68. The molecule has 0 spiro atoms. The van der Waals surface area contributed by atoms with E-state index in [-0.39, 0.29) is 5.92 Å². The minimum atomic E-state index is -2.97. The van der Waals surface area contributed by atoms with E-state index in [4.69, 9.17) is 13.7 Å². The van der Waals surface area contributed by atoms with Crippen molar-refractivity contribution >= 4 is 27.7 Å². The van der Waals surface area contributed by atoms with Crippen molar-refractivity contribution < 1.29 is 27.5 Å². The van der Waals surface area contributed by atoms with Gasteiger partial charge in [0.1, 0.15) is 26.7 Å². The summed E-state index contributed by atoms with van der Waals surface area (Å²) in [6.07, 6.45) is -0.297. The Balaban J connectivity index is 1.74. The molecule has 1 aliphatic carbocycles. The summed E-state index contributed by atoms with van der Waals surface area (Å²) in [4.78, 5) is 25.2.